The van der Waals surface area contributed by atoms with Gasteiger partial charge in [-0.3, -0.25) is 4.79 Å². The second-order valence-electron chi connectivity index (χ2n) is 3.98. The number of likely N-dealkylation sites (N-methyl/N-ethyl adjacent to an activating group) is 2. The van der Waals surface area contributed by atoms with Crippen LogP contribution in [0.1, 0.15) is 6.92 Å². The van der Waals surface area contributed by atoms with Crippen LogP contribution in [0.3, 0.4) is 0 Å². The van der Waals surface area contributed by atoms with Gasteiger partial charge < -0.3 is 15.5 Å². The Morgan fingerprint density at radius 3 is 2.53 bits per heavy atom. The van der Waals surface area contributed by atoms with E-state index in [4.69, 9.17) is 17.3 Å². The van der Waals surface area contributed by atoms with E-state index in [9.17, 15) is 4.79 Å². The molecule has 17 heavy (non-hydrogen) atoms. The number of nitrogen functional groups attached to an aromatic ring is 1. The summed E-state index contributed by atoms with van der Waals surface area (Å²) >= 11 is 6.12. The molecule has 0 aromatic heterocycles. The largest absolute Gasteiger partial charge is 0.397 e. The highest BCUT2D eigenvalue weighted by molar-refractivity contribution is 6.34. The van der Waals surface area contributed by atoms with Gasteiger partial charge in [-0.15, -0.1) is 0 Å². The van der Waals surface area contributed by atoms with Gasteiger partial charge in [0, 0.05) is 20.6 Å². The number of nitrogens with two attached hydrogens (primary N) is 1. The fourth-order valence-corrected chi connectivity index (χ4v) is 1.82. The van der Waals surface area contributed by atoms with Crippen molar-refractivity contribution in [2.75, 3.05) is 37.8 Å². The minimum atomic E-state index is 0.0196. The first-order chi connectivity index (χ1) is 7.97. The molecule has 5 heteroatoms. The Hall–Kier alpha value is -1.42. The van der Waals surface area contributed by atoms with Crippen LogP contribution in [0.25, 0.3) is 0 Å². The molecule has 0 saturated heterocycles. The molecule has 0 heterocycles. The lowest BCUT2D eigenvalue weighted by Crippen LogP contribution is -2.37. The number of hydrogen-bond donors (Lipinski definition) is 1. The van der Waals surface area contributed by atoms with Gasteiger partial charge in [0.05, 0.1) is 22.9 Å². The summed E-state index contributed by atoms with van der Waals surface area (Å²) in [6, 6.07) is 5.35. The smallest absolute Gasteiger partial charge is 0.241 e. The highest BCUT2D eigenvalue weighted by atomic mass is 35.5. The summed E-state index contributed by atoms with van der Waals surface area (Å²) in [5.41, 5.74) is 7.22. The van der Waals surface area contributed by atoms with Gasteiger partial charge in [0.1, 0.15) is 0 Å². The van der Waals surface area contributed by atoms with E-state index in [0.29, 0.717) is 17.3 Å². The average molecular weight is 256 g/mol. The van der Waals surface area contributed by atoms with Crippen LogP contribution in [0, 0.1) is 0 Å². The molecule has 1 aromatic rings. The molecule has 0 aliphatic carbocycles. The van der Waals surface area contributed by atoms with Crippen LogP contribution in [0.15, 0.2) is 18.2 Å². The van der Waals surface area contributed by atoms with Crippen LogP contribution < -0.4 is 10.6 Å². The lowest BCUT2D eigenvalue weighted by atomic mass is 10.2. The Bertz CT molecular complexity index is 386. The third-order valence-electron chi connectivity index (χ3n) is 2.54. The first-order valence-corrected chi connectivity index (χ1v) is 5.84. The van der Waals surface area contributed by atoms with Gasteiger partial charge >= 0.3 is 0 Å². The molecule has 0 aliphatic rings. The third kappa shape index (κ3) is 3.27. The van der Waals surface area contributed by atoms with Crippen molar-refractivity contribution in [1.29, 1.82) is 0 Å². The van der Waals surface area contributed by atoms with Crippen molar-refractivity contribution in [1.82, 2.24) is 4.90 Å². The molecular formula is C12H18ClN3O. The number of carbonyl (C=O) groups is 1. The van der Waals surface area contributed by atoms with Gasteiger partial charge in [-0.05, 0) is 19.1 Å². The number of carbonyl (C=O) groups excluding carboxylic acids is 1. The lowest BCUT2D eigenvalue weighted by molar-refractivity contribution is -0.127. The molecule has 0 spiro atoms. The number of halogens is 1. The molecule has 0 atom stereocenters. The van der Waals surface area contributed by atoms with E-state index in [-0.39, 0.29) is 12.5 Å². The number of hydrogen-bond acceptors (Lipinski definition) is 3. The Balaban J connectivity index is 2.98. The number of nitrogens with zero attached hydrogens (tertiary/aromatic N) is 2. The fraction of sp³-hybridized carbons (Fsp3) is 0.417. The highest BCUT2D eigenvalue weighted by Crippen LogP contribution is 2.31. The summed E-state index contributed by atoms with van der Waals surface area (Å²) in [7, 11) is 3.46. The second kappa shape index (κ2) is 5.77. The van der Waals surface area contributed by atoms with E-state index < -0.39 is 0 Å². The van der Waals surface area contributed by atoms with Crippen molar-refractivity contribution in [2.24, 2.45) is 0 Å². The second-order valence-corrected chi connectivity index (χ2v) is 4.39. The van der Waals surface area contributed by atoms with Crippen LogP contribution in [-0.2, 0) is 4.79 Å². The molecule has 0 radical (unpaired) electrons. The van der Waals surface area contributed by atoms with Crippen molar-refractivity contribution in [2.45, 2.75) is 6.92 Å². The summed E-state index contributed by atoms with van der Waals surface area (Å²) in [6.45, 7) is 2.91. The van der Waals surface area contributed by atoms with Crippen LogP contribution in [0.5, 0.6) is 0 Å². The number of anilines is 2. The van der Waals surface area contributed by atoms with E-state index in [1.807, 2.05) is 11.8 Å². The van der Waals surface area contributed by atoms with Crippen LogP contribution in [0.4, 0.5) is 11.4 Å². The number of benzene rings is 1. The zero-order valence-electron chi connectivity index (χ0n) is 10.4. The zero-order chi connectivity index (χ0) is 13.0. The van der Waals surface area contributed by atoms with E-state index in [0.717, 1.165) is 5.69 Å². The predicted octanol–water partition coefficient (Wildman–Crippen LogP) is 1.84. The number of para-hydroxylation sites is 1. The maximum atomic E-state index is 11.7. The third-order valence-corrected chi connectivity index (χ3v) is 2.85. The maximum Gasteiger partial charge on any atom is 0.241 e. The van der Waals surface area contributed by atoms with Gasteiger partial charge in [-0.25, -0.2) is 0 Å². The van der Waals surface area contributed by atoms with Crippen LogP contribution in [0.2, 0.25) is 5.02 Å². The molecule has 4 nitrogen and oxygen atoms in total. The van der Waals surface area contributed by atoms with Crippen molar-refractivity contribution in [3.8, 4) is 0 Å². The summed E-state index contributed by atoms with van der Waals surface area (Å²) < 4.78 is 0. The summed E-state index contributed by atoms with van der Waals surface area (Å²) in [4.78, 5) is 15.1. The molecule has 2 N–H and O–H groups in total. The summed E-state index contributed by atoms with van der Waals surface area (Å²) in [6.07, 6.45) is 0. The van der Waals surface area contributed by atoms with Crippen molar-refractivity contribution in [3.63, 3.8) is 0 Å². The van der Waals surface area contributed by atoms with Gasteiger partial charge in [-0.1, -0.05) is 17.7 Å². The molecule has 1 aromatic carbocycles. The monoisotopic (exact) mass is 255 g/mol. The molecule has 0 fully saturated rings. The first-order valence-electron chi connectivity index (χ1n) is 5.46. The van der Waals surface area contributed by atoms with Crippen molar-refractivity contribution >= 4 is 28.9 Å². The Morgan fingerprint density at radius 1 is 1.41 bits per heavy atom. The molecule has 1 rings (SSSR count). The molecule has 0 bridgehead atoms. The lowest BCUT2D eigenvalue weighted by Gasteiger charge is -2.26. The maximum absolute atomic E-state index is 11.7. The highest BCUT2D eigenvalue weighted by Gasteiger charge is 2.16. The molecule has 94 valence electrons. The molecule has 0 saturated carbocycles. The van der Waals surface area contributed by atoms with E-state index in [2.05, 4.69) is 0 Å². The van der Waals surface area contributed by atoms with Gasteiger partial charge in [-0.2, -0.15) is 0 Å². The van der Waals surface area contributed by atoms with Gasteiger partial charge in [0.2, 0.25) is 5.91 Å². The SMILES string of the molecule is CCN(CC(=O)N(C)C)c1c(N)cccc1Cl. The minimum absolute atomic E-state index is 0.0196. The van der Waals surface area contributed by atoms with Crippen molar-refractivity contribution < 1.29 is 4.79 Å². The first kappa shape index (κ1) is 13.6. The van der Waals surface area contributed by atoms with E-state index >= 15 is 0 Å². The minimum Gasteiger partial charge on any atom is -0.397 e. The Kier molecular flexibility index (Phi) is 4.63. The quantitative estimate of drug-likeness (QED) is 0.836. The van der Waals surface area contributed by atoms with E-state index in [1.54, 1.807) is 37.2 Å². The average Bonchev–Trinajstić information content (AvgIpc) is 2.26. The molecular weight excluding hydrogens is 238 g/mol. The summed E-state index contributed by atoms with van der Waals surface area (Å²) in [5, 5.41) is 0.568. The topological polar surface area (TPSA) is 49.6 Å². The fourth-order valence-electron chi connectivity index (χ4n) is 1.52. The van der Waals surface area contributed by atoms with E-state index in [1.165, 1.54) is 0 Å². The Labute approximate surface area is 107 Å². The summed E-state index contributed by atoms with van der Waals surface area (Å²) in [5.74, 6) is 0.0196. The van der Waals surface area contributed by atoms with Gasteiger partial charge in [0.15, 0.2) is 0 Å². The Morgan fingerprint density at radius 2 is 2.06 bits per heavy atom. The standard InChI is InChI=1S/C12H18ClN3O/c1-4-16(8-11(17)15(2)3)12-9(13)6-5-7-10(12)14/h5-7H,4,8,14H2,1-3H3. The molecule has 0 aliphatic heterocycles. The van der Waals surface area contributed by atoms with Crippen molar-refractivity contribution in [3.05, 3.63) is 23.2 Å². The number of amides is 1. The van der Waals surface area contributed by atoms with Crippen LogP contribution in [-0.4, -0.2) is 38.0 Å². The zero-order valence-corrected chi connectivity index (χ0v) is 11.2. The predicted molar refractivity (Wildman–Crippen MR) is 72.4 cm³/mol. The normalized spacial score (nSPS) is 10.1. The number of rotatable bonds is 4. The molecule has 1 amide bonds. The van der Waals surface area contributed by atoms with Crippen LogP contribution >= 0.6 is 11.6 Å². The molecule has 0 unspecified atom stereocenters. The van der Waals surface area contributed by atoms with Gasteiger partial charge in [0.25, 0.3) is 0 Å².